The molecule has 8 aliphatic rings. The van der Waals surface area contributed by atoms with E-state index in [0.717, 1.165) is 63.7 Å². The van der Waals surface area contributed by atoms with Gasteiger partial charge in [-0.25, -0.2) is 0 Å². The SMILES string of the molecule is CC(C)N1CC2CCC(C1)O2.CC(C)N1CCN(C2CC2)CC1.CC(C)N1CCN(C2CCOCC2)CC1.CC(C)N1CCN(C2COC2)CC1. The van der Waals surface area contributed by atoms with Crippen LogP contribution in [0.2, 0.25) is 0 Å². The second-order valence-corrected chi connectivity index (χ2v) is 17.8. The zero-order chi connectivity index (χ0) is 36.3. The molecular formula is C41H81N7O3. The van der Waals surface area contributed by atoms with E-state index in [-0.39, 0.29) is 0 Å². The summed E-state index contributed by atoms with van der Waals surface area (Å²) in [5.74, 6) is 0. The number of ether oxygens (including phenoxy) is 3. The highest BCUT2D eigenvalue weighted by Gasteiger charge is 2.35. The molecule has 0 aromatic heterocycles. The lowest BCUT2D eigenvalue weighted by atomic mass is 10.1. The summed E-state index contributed by atoms with van der Waals surface area (Å²) in [4.78, 5) is 18.2. The van der Waals surface area contributed by atoms with Gasteiger partial charge in [0.25, 0.3) is 0 Å². The van der Waals surface area contributed by atoms with E-state index in [4.69, 9.17) is 14.2 Å². The first kappa shape index (κ1) is 41.8. The quantitative estimate of drug-likeness (QED) is 0.386. The number of rotatable bonds is 7. The fraction of sp³-hybridized carbons (Fsp3) is 1.00. The molecule has 0 N–H and O–H groups in total. The Balaban J connectivity index is 0.000000133. The lowest BCUT2D eigenvalue weighted by Gasteiger charge is -2.43. The molecule has 7 aliphatic heterocycles. The van der Waals surface area contributed by atoms with E-state index >= 15 is 0 Å². The molecular weight excluding hydrogens is 638 g/mol. The second-order valence-electron chi connectivity index (χ2n) is 17.8. The number of piperazine rings is 3. The van der Waals surface area contributed by atoms with E-state index < -0.39 is 0 Å². The molecule has 8 rings (SSSR count). The monoisotopic (exact) mass is 720 g/mol. The van der Waals surface area contributed by atoms with Gasteiger partial charge in [-0.3, -0.25) is 34.3 Å². The smallest absolute Gasteiger partial charge is 0.0707 e. The molecule has 1 saturated carbocycles. The maximum atomic E-state index is 5.74. The van der Waals surface area contributed by atoms with Gasteiger partial charge in [0.05, 0.1) is 31.5 Å². The van der Waals surface area contributed by atoms with Crippen molar-refractivity contribution < 1.29 is 14.2 Å². The molecule has 2 unspecified atom stereocenters. The van der Waals surface area contributed by atoms with Gasteiger partial charge in [0.2, 0.25) is 0 Å². The average molecular weight is 720 g/mol. The first-order chi connectivity index (χ1) is 24.6. The molecule has 51 heavy (non-hydrogen) atoms. The third-order valence-electron chi connectivity index (χ3n) is 12.9. The molecule has 0 radical (unpaired) electrons. The molecule has 0 spiro atoms. The van der Waals surface area contributed by atoms with Crippen LogP contribution in [0.15, 0.2) is 0 Å². The summed E-state index contributed by atoms with van der Waals surface area (Å²) in [7, 11) is 0. The maximum Gasteiger partial charge on any atom is 0.0707 e. The fourth-order valence-electron chi connectivity index (χ4n) is 8.85. The van der Waals surface area contributed by atoms with Crippen molar-refractivity contribution in [3.05, 3.63) is 0 Å². The Labute approximate surface area is 314 Å². The number of hydrogen-bond acceptors (Lipinski definition) is 10. The van der Waals surface area contributed by atoms with Crippen LogP contribution in [0.1, 0.15) is 93.9 Å². The zero-order valence-corrected chi connectivity index (χ0v) is 34.5. The Morgan fingerprint density at radius 1 is 0.373 bits per heavy atom. The van der Waals surface area contributed by atoms with Gasteiger partial charge in [-0.05, 0) is 93.9 Å². The largest absolute Gasteiger partial charge is 0.381 e. The van der Waals surface area contributed by atoms with Gasteiger partial charge in [0.1, 0.15) is 0 Å². The van der Waals surface area contributed by atoms with E-state index in [1.807, 2.05) is 0 Å². The number of likely N-dealkylation sites (tertiary alicyclic amines) is 1. The molecule has 1 aliphatic carbocycles. The highest BCUT2D eigenvalue weighted by molar-refractivity contribution is 4.89. The molecule has 7 saturated heterocycles. The van der Waals surface area contributed by atoms with Crippen LogP contribution in [0.4, 0.5) is 0 Å². The predicted molar refractivity (Wildman–Crippen MR) is 211 cm³/mol. The molecule has 8 fully saturated rings. The van der Waals surface area contributed by atoms with Crippen LogP contribution < -0.4 is 0 Å². The predicted octanol–water partition coefficient (Wildman–Crippen LogP) is 4.04. The number of fused-ring (bicyclic) bond motifs is 2. The first-order valence-corrected chi connectivity index (χ1v) is 21.6. The second kappa shape index (κ2) is 21.1. The fourth-order valence-corrected chi connectivity index (χ4v) is 8.85. The van der Waals surface area contributed by atoms with Gasteiger partial charge in [-0.2, -0.15) is 0 Å². The Kier molecular flexibility index (Phi) is 17.2. The van der Waals surface area contributed by atoms with Crippen molar-refractivity contribution >= 4 is 0 Å². The van der Waals surface area contributed by atoms with Crippen molar-refractivity contribution in [3.8, 4) is 0 Å². The molecule has 7 heterocycles. The van der Waals surface area contributed by atoms with Crippen molar-refractivity contribution in [1.82, 2.24) is 34.3 Å². The lowest BCUT2D eigenvalue weighted by Crippen LogP contribution is -2.57. The summed E-state index contributed by atoms with van der Waals surface area (Å²) in [6.07, 6.45) is 9.07. The summed E-state index contributed by atoms with van der Waals surface area (Å²) < 4.78 is 16.4. The standard InChI is InChI=1S/C12H24N2O.C10H20N2O.C10H20N2.C9H17NO/c1-11(2)13-5-7-14(8-6-13)12-3-9-15-10-4-12;1-9(2)11-3-5-12(6-4-11)10-7-13-8-10;1-9(2)11-5-7-12(8-6-11)10-3-4-10;1-7(2)10-5-8-3-4-9(6-10)11-8/h11-12H,3-10H2,1-2H3;9-10H,3-8H2,1-2H3;9-10H,3-8H2,1-2H3;7-9H,3-6H2,1-2H3. The van der Waals surface area contributed by atoms with Crippen molar-refractivity contribution in [2.75, 3.05) is 118 Å². The molecule has 2 bridgehead atoms. The van der Waals surface area contributed by atoms with Crippen LogP contribution in [-0.4, -0.2) is 207 Å². The summed E-state index contributed by atoms with van der Waals surface area (Å²) in [5, 5.41) is 0. The highest BCUT2D eigenvalue weighted by atomic mass is 16.5. The summed E-state index contributed by atoms with van der Waals surface area (Å²) >= 11 is 0. The van der Waals surface area contributed by atoms with Crippen LogP contribution >= 0.6 is 0 Å². The van der Waals surface area contributed by atoms with E-state index in [2.05, 4.69) is 89.7 Å². The molecule has 10 nitrogen and oxygen atoms in total. The van der Waals surface area contributed by atoms with Crippen molar-refractivity contribution in [2.24, 2.45) is 0 Å². The minimum Gasteiger partial charge on any atom is -0.381 e. The Hall–Kier alpha value is -0.400. The van der Waals surface area contributed by atoms with Gasteiger partial charge in [-0.15, -0.1) is 0 Å². The van der Waals surface area contributed by atoms with E-state index in [9.17, 15) is 0 Å². The van der Waals surface area contributed by atoms with Gasteiger partial charge in [0, 0.05) is 141 Å². The molecule has 2 atom stereocenters. The van der Waals surface area contributed by atoms with Gasteiger partial charge in [0.15, 0.2) is 0 Å². The number of nitrogens with zero attached hydrogens (tertiary/aromatic N) is 7. The Morgan fingerprint density at radius 3 is 1.04 bits per heavy atom. The molecule has 0 amide bonds. The highest BCUT2D eigenvalue weighted by Crippen LogP contribution is 2.28. The van der Waals surface area contributed by atoms with E-state index in [1.165, 1.54) is 117 Å². The lowest BCUT2D eigenvalue weighted by molar-refractivity contribution is -0.0787. The minimum atomic E-state index is 0.552. The van der Waals surface area contributed by atoms with Gasteiger partial charge >= 0.3 is 0 Å². The van der Waals surface area contributed by atoms with Crippen LogP contribution in [0.25, 0.3) is 0 Å². The van der Waals surface area contributed by atoms with E-state index in [1.54, 1.807) is 0 Å². The average Bonchev–Trinajstić information content (AvgIpc) is 3.92. The van der Waals surface area contributed by atoms with Crippen molar-refractivity contribution in [3.63, 3.8) is 0 Å². The zero-order valence-electron chi connectivity index (χ0n) is 34.5. The van der Waals surface area contributed by atoms with Crippen molar-refractivity contribution in [1.29, 1.82) is 0 Å². The summed E-state index contributed by atoms with van der Waals surface area (Å²) in [6, 6.07) is 5.36. The van der Waals surface area contributed by atoms with Crippen LogP contribution in [0.5, 0.6) is 0 Å². The van der Waals surface area contributed by atoms with Crippen LogP contribution in [0, 0.1) is 0 Å². The van der Waals surface area contributed by atoms with Gasteiger partial charge in [-0.1, -0.05) is 0 Å². The van der Waals surface area contributed by atoms with E-state index in [0.29, 0.717) is 30.3 Å². The van der Waals surface area contributed by atoms with Crippen molar-refractivity contribution in [2.45, 2.75) is 148 Å². The van der Waals surface area contributed by atoms with Crippen LogP contribution in [0.3, 0.4) is 0 Å². The third-order valence-corrected chi connectivity index (χ3v) is 12.9. The topological polar surface area (TPSA) is 50.4 Å². The minimum absolute atomic E-state index is 0.552. The summed E-state index contributed by atoms with van der Waals surface area (Å²) in [6.45, 7) is 39.6. The number of morpholine rings is 1. The first-order valence-electron chi connectivity index (χ1n) is 21.6. The summed E-state index contributed by atoms with van der Waals surface area (Å²) in [5.41, 5.74) is 0. The third kappa shape index (κ3) is 13.4. The van der Waals surface area contributed by atoms with Gasteiger partial charge < -0.3 is 14.2 Å². The molecule has 298 valence electrons. The van der Waals surface area contributed by atoms with Crippen LogP contribution in [-0.2, 0) is 14.2 Å². The Morgan fingerprint density at radius 2 is 0.725 bits per heavy atom. The molecule has 0 aromatic carbocycles. The maximum absolute atomic E-state index is 5.74. The normalized spacial score (nSPS) is 30.1. The Bertz CT molecular complexity index is 912. The number of hydrogen-bond donors (Lipinski definition) is 0. The molecule has 10 heteroatoms. The molecule has 0 aromatic rings.